The van der Waals surface area contributed by atoms with Crippen LogP contribution in [0.5, 0.6) is 0 Å². The number of hydrogen-bond acceptors (Lipinski definition) is 3. The number of rotatable bonds is 6. The van der Waals surface area contributed by atoms with Crippen LogP contribution >= 0.6 is 0 Å². The minimum atomic E-state index is -1.18. The molecule has 1 N–H and O–H groups in total. The standard InChI is InChI=1S/C10H19NO4/c1-5-11(8(2)12)10(3,9(13)14)6-7-15-4/h5-7H2,1-4H3,(H,13,14). The minimum Gasteiger partial charge on any atom is -0.480 e. The second kappa shape index (κ2) is 5.70. The molecule has 0 saturated carbocycles. The first-order valence-electron chi connectivity index (χ1n) is 4.90. The second-order valence-corrected chi connectivity index (χ2v) is 3.59. The number of carbonyl (C=O) groups is 2. The molecule has 0 aliphatic carbocycles. The average molecular weight is 217 g/mol. The van der Waals surface area contributed by atoms with E-state index in [1.807, 2.05) is 0 Å². The normalized spacial score (nSPS) is 14.4. The highest BCUT2D eigenvalue weighted by Gasteiger charge is 2.39. The fourth-order valence-corrected chi connectivity index (χ4v) is 1.58. The first-order chi connectivity index (χ1) is 6.90. The molecule has 1 atom stereocenters. The van der Waals surface area contributed by atoms with Gasteiger partial charge in [0.05, 0.1) is 0 Å². The van der Waals surface area contributed by atoms with Crippen molar-refractivity contribution in [3.05, 3.63) is 0 Å². The Morgan fingerprint density at radius 3 is 2.27 bits per heavy atom. The van der Waals surface area contributed by atoms with Crippen molar-refractivity contribution >= 4 is 11.9 Å². The van der Waals surface area contributed by atoms with Gasteiger partial charge in [-0.05, 0) is 13.8 Å². The zero-order valence-electron chi connectivity index (χ0n) is 9.74. The number of ether oxygens (including phenoxy) is 1. The van der Waals surface area contributed by atoms with E-state index in [4.69, 9.17) is 9.84 Å². The lowest BCUT2D eigenvalue weighted by Gasteiger charge is -2.36. The molecule has 1 amide bonds. The highest BCUT2D eigenvalue weighted by molar-refractivity contribution is 5.85. The molecule has 0 radical (unpaired) electrons. The van der Waals surface area contributed by atoms with Crippen molar-refractivity contribution in [3.63, 3.8) is 0 Å². The molecule has 0 aliphatic rings. The topological polar surface area (TPSA) is 66.8 Å². The number of carboxylic acids is 1. The first kappa shape index (κ1) is 13.9. The van der Waals surface area contributed by atoms with Crippen molar-refractivity contribution < 1.29 is 19.4 Å². The zero-order chi connectivity index (χ0) is 12.1. The molecule has 15 heavy (non-hydrogen) atoms. The van der Waals surface area contributed by atoms with Gasteiger partial charge in [0.25, 0.3) is 0 Å². The second-order valence-electron chi connectivity index (χ2n) is 3.59. The number of carbonyl (C=O) groups excluding carboxylic acids is 1. The molecule has 5 nitrogen and oxygen atoms in total. The Balaban J connectivity index is 4.89. The predicted octanol–water partition coefficient (Wildman–Crippen LogP) is 0.735. The number of aliphatic carboxylic acids is 1. The van der Waals surface area contributed by atoms with E-state index < -0.39 is 11.5 Å². The monoisotopic (exact) mass is 217 g/mol. The van der Waals surface area contributed by atoms with Gasteiger partial charge < -0.3 is 14.7 Å². The Labute approximate surface area is 90.0 Å². The summed E-state index contributed by atoms with van der Waals surface area (Å²) in [5.74, 6) is -1.24. The summed E-state index contributed by atoms with van der Waals surface area (Å²) in [6.45, 7) is 5.36. The third kappa shape index (κ3) is 3.20. The molecule has 0 aromatic carbocycles. The molecule has 0 aromatic rings. The van der Waals surface area contributed by atoms with E-state index in [0.29, 0.717) is 13.2 Å². The van der Waals surface area contributed by atoms with Crippen LogP contribution in [0.3, 0.4) is 0 Å². The van der Waals surface area contributed by atoms with Crippen molar-refractivity contribution in [3.8, 4) is 0 Å². The molecule has 0 heterocycles. The van der Waals surface area contributed by atoms with Crippen LogP contribution in [0.1, 0.15) is 27.2 Å². The summed E-state index contributed by atoms with van der Waals surface area (Å²) < 4.78 is 4.86. The third-order valence-electron chi connectivity index (χ3n) is 2.55. The maximum atomic E-state index is 11.3. The quantitative estimate of drug-likeness (QED) is 0.712. The summed E-state index contributed by atoms with van der Waals surface area (Å²) in [7, 11) is 1.51. The maximum absolute atomic E-state index is 11.3. The maximum Gasteiger partial charge on any atom is 0.329 e. The van der Waals surface area contributed by atoms with Crippen molar-refractivity contribution in [2.45, 2.75) is 32.7 Å². The number of likely N-dealkylation sites (N-methyl/N-ethyl adjacent to an activating group) is 1. The predicted molar refractivity (Wildman–Crippen MR) is 55.6 cm³/mol. The molecule has 0 bridgehead atoms. The van der Waals surface area contributed by atoms with Crippen LogP contribution in [-0.4, -0.2) is 47.7 Å². The molecule has 0 saturated heterocycles. The summed E-state index contributed by atoms with van der Waals surface area (Å²) in [4.78, 5) is 23.8. The van der Waals surface area contributed by atoms with Crippen LogP contribution < -0.4 is 0 Å². The van der Waals surface area contributed by atoms with Crippen LogP contribution in [0, 0.1) is 0 Å². The molecule has 1 unspecified atom stereocenters. The number of hydrogen-bond donors (Lipinski definition) is 1. The number of amides is 1. The molecule has 0 aliphatic heterocycles. The Bertz CT molecular complexity index is 242. The number of nitrogens with zero attached hydrogens (tertiary/aromatic N) is 1. The van der Waals surface area contributed by atoms with Crippen molar-refractivity contribution in [1.82, 2.24) is 4.90 Å². The zero-order valence-corrected chi connectivity index (χ0v) is 9.74. The van der Waals surface area contributed by atoms with E-state index in [1.54, 1.807) is 13.8 Å². The molecule has 0 spiro atoms. The molecule has 5 heteroatoms. The Hall–Kier alpha value is -1.10. The lowest BCUT2D eigenvalue weighted by molar-refractivity contribution is -0.158. The summed E-state index contributed by atoms with van der Waals surface area (Å²) in [6.07, 6.45) is 0.284. The fraction of sp³-hybridized carbons (Fsp3) is 0.800. The van der Waals surface area contributed by atoms with Crippen LogP contribution in [-0.2, 0) is 14.3 Å². The van der Waals surface area contributed by atoms with E-state index in [2.05, 4.69) is 0 Å². The van der Waals surface area contributed by atoms with Gasteiger partial charge in [0.2, 0.25) is 5.91 Å². The lowest BCUT2D eigenvalue weighted by atomic mass is 9.95. The smallest absolute Gasteiger partial charge is 0.329 e. The molecule has 0 rings (SSSR count). The highest BCUT2D eigenvalue weighted by atomic mass is 16.5. The molecule has 0 fully saturated rings. The summed E-state index contributed by atoms with van der Waals surface area (Å²) in [5, 5.41) is 9.16. The van der Waals surface area contributed by atoms with Crippen LogP contribution in [0.4, 0.5) is 0 Å². The van der Waals surface area contributed by atoms with E-state index in [1.165, 1.54) is 18.9 Å². The van der Waals surface area contributed by atoms with Crippen molar-refractivity contribution in [1.29, 1.82) is 0 Å². The van der Waals surface area contributed by atoms with Crippen molar-refractivity contribution in [2.75, 3.05) is 20.3 Å². The minimum absolute atomic E-state index is 0.237. The van der Waals surface area contributed by atoms with Gasteiger partial charge >= 0.3 is 5.97 Å². The van der Waals surface area contributed by atoms with Gasteiger partial charge in [0, 0.05) is 33.6 Å². The molecular formula is C10H19NO4. The molecular weight excluding hydrogens is 198 g/mol. The van der Waals surface area contributed by atoms with Gasteiger partial charge in [-0.25, -0.2) is 4.79 Å². The molecule has 88 valence electrons. The summed E-state index contributed by atoms with van der Waals surface area (Å²) in [5.41, 5.74) is -1.18. The van der Waals surface area contributed by atoms with E-state index in [-0.39, 0.29) is 12.3 Å². The van der Waals surface area contributed by atoms with Crippen LogP contribution in [0.25, 0.3) is 0 Å². The number of carboxylic acid groups (broad SMARTS) is 1. The van der Waals surface area contributed by atoms with Crippen LogP contribution in [0.15, 0.2) is 0 Å². The van der Waals surface area contributed by atoms with E-state index in [0.717, 1.165) is 0 Å². The van der Waals surface area contributed by atoms with Gasteiger partial charge in [-0.1, -0.05) is 0 Å². The third-order valence-corrected chi connectivity index (χ3v) is 2.55. The Morgan fingerprint density at radius 2 is 2.00 bits per heavy atom. The van der Waals surface area contributed by atoms with Crippen LogP contribution in [0.2, 0.25) is 0 Å². The Kier molecular flexibility index (Phi) is 5.28. The average Bonchev–Trinajstić information content (AvgIpc) is 2.14. The van der Waals surface area contributed by atoms with Gasteiger partial charge in [-0.2, -0.15) is 0 Å². The van der Waals surface area contributed by atoms with Gasteiger partial charge in [0.1, 0.15) is 5.54 Å². The van der Waals surface area contributed by atoms with Gasteiger partial charge in [0.15, 0.2) is 0 Å². The fourth-order valence-electron chi connectivity index (χ4n) is 1.58. The first-order valence-corrected chi connectivity index (χ1v) is 4.90. The molecule has 0 aromatic heterocycles. The Morgan fingerprint density at radius 1 is 1.47 bits per heavy atom. The lowest BCUT2D eigenvalue weighted by Crippen LogP contribution is -2.55. The summed E-state index contributed by atoms with van der Waals surface area (Å²) >= 11 is 0. The van der Waals surface area contributed by atoms with E-state index in [9.17, 15) is 9.59 Å². The number of methoxy groups -OCH3 is 1. The summed E-state index contributed by atoms with van der Waals surface area (Å²) in [6, 6.07) is 0. The van der Waals surface area contributed by atoms with Crippen molar-refractivity contribution in [2.24, 2.45) is 0 Å². The van der Waals surface area contributed by atoms with Gasteiger partial charge in [-0.15, -0.1) is 0 Å². The van der Waals surface area contributed by atoms with Gasteiger partial charge in [-0.3, -0.25) is 4.79 Å². The SMILES string of the molecule is CCN(C(C)=O)C(C)(CCOC)C(=O)O. The highest BCUT2D eigenvalue weighted by Crippen LogP contribution is 2.20. The van der Waals surface area contributed by atoms with E-state index >= 15 is 0 Å². The largest absolute Gasteiger partial charge is 0.480 e.